The van der Waals surface area contributed by atoms with Gasteiger partial charge in [-0.15, -0.1) is 0 Å². The lowest BCUT2D eigenvalue weighted by molar-refractivity contribution is -0.137. The van der Waals surface area contributed by atoms with Gasteiger partial charge >= 0.3 is 5.97 Å². The van der Waals surface area contributed by atoms with E-state index in [-0.39, 0.29) is 24.8 Å². The molecule has 3 N–H and O–H groups in total. The van der Waals surface area contributed by atoms with Gasteiger partial charge in [-0.05, 0) is 34.6 Å². The molecule has 1 fully saturated rings. The molecule has 2 aromatic carbocycles. The number of carbonyl (C=O) groups is 3. The molecule has 2 heterocycles. The van der Waals surface area contributed by atoms with Gasteiger partial charge in [0.2, 0.25) is 5.91 Å². The fraction of sp³-hybridized carbons (Fsp3) is 0.417. The maximum atomic E-state index is 13.1. The van der Waals surface area contributed by atoms with E-state index in [1.807, 2.05) is 36.4 Å². The van der Waals surface area contributed by atoms with Crippen molar-refractivity contribution < 1.29 is 24.0 Å². The van der Waals surface area contributed by atoms with Gasteiger partial charge in [-0.25, -0.2) is 9.97 Å². The van der Waals surface area contributed by atoms with Crippen molar-refractivity contribution in [1.82, 2.24) is 30.7 Å². The Morgan fingerprint density at radius 3 is 2.26 bits per heavy atom. The van der Waals surface area contributed by atoms with Crippen LogP contribution in [0, 0.1) is 5.92 Å². The minimum Gasteiger partial charge on any atom is -0.481 e. The van der Waals surface area contributed by atoms with Crippen molar-refractivity contribution in [3.05, 3.63) is 83.4 Å². The predicted octanol–water partition coefficient (Wildman–Crippen LogP) is 5.55. The van der Waals surface area contributed by atoms with E-state index in [0.717, 1.165) is 28.9 Å². The summed E-state index contributed by atoms with van der Waals surface area (Å²) >= 11 is 0. The number of benzene rings is 2. The third-order valence-electron chi connectivity index (χ3n) is 8.49. The summed E-state index contributed by atoms with van der Waals surface area (Å²) in [4.78, 5) is 50.7. The van der Waals surface area contributed by atoms with E-state index < -0.39 is 23.8 Å². The molecule has 0 aliphatic heterocycles. The lowest BCUT2D eigenvalue weighted by atomic mass is 9.86. The molecule has 0 radical (unpaired) electrons. The van der Waals surface area contributed by atoms with E-state index in [1.54, 1.807) is 24.5 Å². The average molecular weight is 639 g/mol. The van der Waals surface area contributed by atoms with Gasteiger partial charge in [0.25, 0.3) is 11.8 Å². The standard InChI is InChI=1S/C36H42N6O5/c1-36(2,3)28-15-13-26(14-16-28)33(45)40-29(34(46)37-18-17-31(43)44)19-24-9-11-25(12-10-24)32-38-21-27(22-39-32)35-41-30(42-47-35)20-23-7-5-4-6-8-23/h9-16,21-23,29H,4-8,17-20H2,1-3H3,(H,37,46)(H,40,45)(H,43,44). The number of hydrogen-bond acceptors (Lipinski definition) is 8. The number of carboxylic acid groups (broad SMARTS) is 1. The van der Waals surface area contributed by atoms with Crippen LogP contribution in [-0.2, 0) is 27.8 Å². The molecule has 5 rings (SSSR count). The zero-order chi connectivity index (χ0) is 33.4. The topological polar surface area (TPSA) is 160 Å². The van der Waals surface area contributed by atoms with E-state index in [0.29, 0.717) is 28.8 Å². The van der Waals surface area contributed by atoms with Gasteiger partial charge < -0.3 is 20.3 Å². The Balaban J connectivity index is 1.24. The first kappa shape index (κ1) is 33.4. The molecule has 11 heteroatoms. The van der Waals surface area contributed by atoms with E-state index in [2.05, 4.69) is 51.5 Å². The summed E-state index contributed by atoms with van der Waals surface area (Å²) in [6.45, 7) is 6.23. The van der Waals surface area contributed by atoms with E-state index in [4.69, 9.17) is 9.63 Å². The van der Waals surface area contributed by atoms with Gasteiger partial charge in [0.05, 0.1) is 12.0 Å². The largest absolute Gasteiger partial charge is 0.481 e. The summed E-state index contributed by atoms with van der Waals surface area (Å²) in [7, 11) is 0. The van der Waals surface area contributed by atoms with Crippen molar-refractivity contribution in [2.45, 2.75) is 83.6 Å². The molecule has 4 aromatic rings. The van der Waals surface area contributed by atoms with Crippen LogP contribution in [0.25, 0.3) is 22.8 Å². The Morgan fingerprint density at radius 1 is 0.936 bits per heavy atom. The van der Waals surface area contributed by atoms with E-state index >= 15 is 0 Å². The average Bonchev–Trinajstić information content (AvgIpc) is 3.53. The monoisotopic (exact) mass is 638 g/mol. The summed E-state index contributed by atoms with van der Waals surface area (Å²) in [6, 6.07) is 13.8. The molecule has 47 heavy (non-hydrogen) atoms. The summed E-state index contributed by atoms with van der Waals surface area (Å²) in [6.07, 6.45) is 10.4. The Hall–Kier alpha value is -4.93. The molecule has 0 spiro atoms. The van der Waals surface area contributed by atoms with Crippen molar-refractivity contribution in [3.63, 3.8) is 0 Å². The van der Waals surface area contributed by atoms with Crippen molar-refractivity contribution in [1.29, 1.82) is 0 Å². The quantitative estimate of drug-likeness (QED) is 0.181. The molecular weight excluding hydrogens is 596 g/mol. The lowest BCUT2D eigenvalue weighted by Crippen LogP contribution is -2.48. The van der Waals surface area contributed by atoms with Crippen molar-refractivity contribution in [2.24, 2.45) is 5.92 Å². The Kier molecular flexibility index (Phi) is 10.7. The van der Waals surface area contributed by atoms with Crippen LogP contribution in [0.15, 0.2) is 65.4 Å². The first-order valence-corrected chi connectivity index (χ1v) is 16.2. The maximum Gasteiger partial charge on any atom is 0.305 e. The highest BCUT2D eigenvalue weighted by atomic mass is 16.5. The number of hydrogen-bond donors (Lipinski definition) is 3. The number of nitrogens with zero attached hydrogens (tertiary/aromatic N) is 4. The molecule has 246 valence electrons. The summed E-state index contributed by atoms with van der Waals surface area (Å²) in [5.41, 5.74) is 3.67. The van der Waals surface area contributed by atoms with Gasteiger partial charge in [0.1, 0.15) is 6.04 Å². The van der Waals surface area contributed by atoms with Gasteiger partial charge in [0, 0.05) is 42.9 Å². The second-order valence-electron chi connectivity index (χ2n) is 13.2. The predicted molar refractivity (Wildman–Crippen MR) is 176 cm³/mol. The molecule has 2 aromatic heterocycles. The van der Waals surface area contributed by atoms with E-state index in [1.165, 1.54) is 32.1 Å². The fourth-order valence-corrected chi connectivity index (χ4v) is 5.71. The van der Waals surface area contributed by atoms with Crippen LogP contribution in [0.3, 0.4) is 0 Å². The SMILES string of the molecule is CC(C)(C)c1ccc(C(=O)NC(Cc2ccc(-c3ncc(-c4nc(CC5CCCCC5)no4)cn3)cc2)C(=O)NCCC(=O)O)cc1. The maximum absolute atomic E-state index is 13.1. The second-order valence-corrected chi connectivity index (χ2v) is 13.2. The zero-order valence-corrected chi connectivity index (χ0v) is 27.2. The number of carbonyl (C=O) groups excluding carboxylic acids is 2. The van der Waals surface area contributed by atoms with Crippen LogP contribution in [-0.4, -0.2) is 55.6 Å². The van der Waals surface area contributed by atoms with Crippen LogP contribution in [0.4, 0.5) is 0 Å². The third-order valence-corrected chi connectivity index (χ3v) is 8.49. The van der Waals surface area contributed by atoms with Gasteiger partial charge in [0.15, 0.2) is 11.6 Å². The van der Waals surface area contributed by atoms with Crippen LogP contribution < -0.4 is 10.6 Å². The van der Waals surface area contributed by atoms with Gasteiger partial charge in [-0.2, -0.15) is 4.98 Å². The van der Waals surface area contributed by atoms with Gasteiger partial charge in [-0.3, -0.25) is 14.4 Å². The summed E-state index contributed by atoms with van der Waals surface area (Å²) in [5.74, 6) is 0.365. The number of aliphatic carboxylic acids is 1. The van der Waals surface area contributed by atoms with Crippen LogP contribution in [0.5, 0.6) is 0 Å². The Labute approximate surface area is 274 Å². The highest BCUT2D eigenvalue weighted by molar-refractivity contribution is 5.97. The first-order chi connectivity index (χ1) is 22.5. The lowest BCUT2D eigenvalue weighted by Gasteiger charge is -2.20. The minimum atomic E-state index is -1.02. The second kappa shape index (κ2) is 15.1. The molecular formula is C36H42N6O5. The van der Waals surface area contributed by atoms with Crippen LogP contribution >= 0.6 is 0 Å². The molecule has 11 nitrogen and oxygen atoms in total. The summed E-state index contributed by atoms with van der Waals surface area (Å²) in [5, 5.41) is 18.6. The Morgan fingerprint density at radius 2 is 1.62 bits per heavy atom. The number of aromatic nitrogens is 4. The molecule has 0 bridgehead atoms. The molecule has 0 saturated heterocycles. The Bertz CT molecular complexity index is 1650. The van der Waals surface area contributed by atoms with Crippen molar-refractivity contribution in [2.75, 3.05) is 6.54 Å². The molecule has 1 aliphatic carbocycles. The smallest absolute Gasteiger partial charge is 0.305 e. The molecule has 1 unspecified atom stereocenters. The third kappa shape index (κ3) is 9.31. The molecule has 1 saturated carbocycles. The number of nitrogens with one attached hydrogen (secondary N) is 2. The molecule has 1 atom stereocenters. The van der Waals surface area contributed by atoms with E-state index in [9.17, 15) is 14.4 Å². The summed E-state index contributed by atoms with van der Waals surface area (Å²) < 4.78 is 5.49. The minimum absolute atomic E-state index is 0.0431. The van der Waals surface area contributed by atoms with Crippen molar-refractivity contribution >= 4 is 17.8 Å². The highest BCUT2D eigenvalue weighted by Gasteiger charge is 2.23. The molecule has 1 aliphatic rings. The zero-order valence-electron chi connectivity index (χ0n) is 27.2. The normalized spacial score (nSPS) is 14.4. The number of carboxylic acids is 1. The fourth-order valence-electron chi connectivity index (χ4n) is 5.71. The molecule has 2 amide bonds. The van der Waals surface area contributed by atoms with Crippen LogP contribution in [0.1, 0.15) is 86.6 Å². The van der Waals surface area contributed by atoms with Crippen LogP contribution in [0.2, 0.25) is 0 Å². The first-order valence-electron chi connectivity index (χ1n) is 16.2. The number of amides is 2. The highest BCUT2D eigenvalue weighted by Crippen LogP contribution is 2.27. The van der Waals surface area contributed by atoms with Crippen molar-refractivity contribution in [3.8, 4) is 22.8 Å². The van der Waals surface area contributed by atoms with Gasteiger partial charge in [-0.1, -0.05) is 94.4 Å². The number of rotatable bonds is 12.